The summed E-state index contributed by atoms with van der Waals surface area (Å²) < 4.78 is 10.5. The summed E-state index contributed by atoms with van der Waals surface area (Å²) in [7, 11) is 0. The van der Waals surface area contributed by atoms with E-state index in [0.717, 1.165) is 5.76 Å². The first-order valence-corrected chi connectivity index (χ1v) is 6.67. The summed E-state index contributed by atoms with van der Waals surface area (Å²) in [6.45, 7) is 7.51. The monoisotopic (exact) mass is 286 g/mol. The van der Waals surface area contributed by atoms with Gasteiger partial charge < -0.3 is 19.4 Å². The molecular formula is C13H19ClN2O3. The molecule has 0 spiro atoms. The molecule has 0 radical (unpaired) electrons. The zero-order valence-electron chi connectivity index (χ0n) is 11.4. The van der Waals surface area contributed by atoms with E-state index in [4.69, 9.17) is 20.8 Å². The number of furan rings is 1. The number of hydrogen-bond donors (Lipinski definition) is 1. The largest absolute Gasteiger partial charge is 0.448 e. The van der Waals surface area contributed by atoms with Crippen molar-refractivity contribution in [2.45, 2.75) is 39.0 Å². The second-order valence-electron chi connectivity index (χ2n) is 5.67. The molecule has 2 rings (SSSR count). The number of amides is 1. The quantitative estimate of drug-likeness (QED) is 0.928. The summed E-state index contributed by atoms with van der Waals surface area (Å²) in [5.41, 5.74) is -0.444. The van der Waals surface area contributed by atoms with Gasteiger partial charge in [0.1, 0.15) is 11.4 Å². The highest BCUT2D eigenvalue weighted by Crippen LogP contribution is 2.16. The van der Waals surface area contributed by atoms with Gasteiger partial charge in [0.2, 0.25) is 0 Å². The number of nitrogens with one attached hydrogen (secondary N) is 1. The van der Waals surface area contributed by atoms with Crippen LogP contribution in [-0.2, 0) is 11.3 Å². The Morgan fingerprint density at radius 2 is 2.21 bits per heavy atom. The first-order valence-electron chi connectivity index (χ1n) is 6.29. The molecule has 1 saturated heterocycles. The molecule has 19 heavy (non-hydrogen) atoms. The highest BCUT2D eigenvalue weighted by Gasteiger charge is 2.33. The molecule has 1 amide bonds. The van der Waals surface area contributed by atoms with Crippen molar-refractivity contribution in [2.75, 3.05) is 13.1 Å². The molecule has 1 aromatic rings. The fourth-order valence-corrected chi connectivity index (χ4v) is 1.94. The van der Waals surface area contributed by atoms with Crippen molar-refractivity contribution in [3.8, 4) is 0 Å². The Labute approximate surface area is 117 Å². The number of rotatable bonds is 3. The summed E-state index contributed by atoms with van der Waals surface area (Å²) in [4.78, 5) is 13.4. The lowest BCUT2D eigenvalue weighted by Gasteiger charge is -2.40. The lowest BCUT2D eigenvalue weighted by atomic mass is 10.1. The van der Waals surface area contributed by atoms with Gasteiger partial charge in [-0.2, -0.15) is 0 Å². The van der Waals surface area contributed by atoms with E-state index in [0.29, 0.717) is 24.9 Å². The Morgan fingerprint density at radius 3 is 2.74 bits per heavy atom. The topological polar surface area (TPSA) is 54.7 Å². The molecule has 0 saturated carbocycles. The minimum Gasteiger partial charge on any atom is -0.448 e. The van der Waals surface area contributed by atoms with E-state index >= 15 is 0 Å². The van der Waals surface area contributed by atoms with Crippen molar-refractivity contribution in [1.29, 1.82) is 0 Å². The summed E-state index contributed by atoms with van der Waals surface area (Å²) >= 11 is 5.69. The zero-order valence-corrected chi connectivity index (χ0v) is 12.2. The first-order chi connectivity index (χ1) is 8.83. The number of carbonyl (C=O) groups excluding carboxylic acids is 1. The van der Waals surface area contributed by atoms with Gasteiger partial charge in [0.15, 0.2) is 5.22 Å². The number of halogens is 1. The van der Waals surface area contributed by atoms with Crippen LogP contribution in [-0.4, -0.2) is 35.7 Å². The van der Waals surface area contributed by atoms with Crippen LogP contribution in [0.2, 0.25) is 5.22 Å². The molecule has 5 nitrogen and oxygen atoms in total. The summed E-state index contributed by atoms with van der Waals surface area (Å²) in [5.74, 6) is 0.792. The maximum absolute atomic E-state index is 11.7. The van der Waals surface area contributed by atoms with Gasteiger partial charge in [0.25, 0.3) is 0 Å². The molecule has 1 aromatic heterocycles. The molecule has 0 bridgehead atoms. The number of hydrogen-bond acceptors (Lipinski definition) is 4. The Balaban J connectivity index is 1.67. The van der Waals surface area contributed by atoms with Crippen LogP contribution in [0.4, 0.5) is 4.79 Å². The number of ether oxygens (including phenoxy) is 1. The second-order valence-corrected chi connectivity index (χ2v) is 6.04. The van der Waals surface area contributed by atoms with Crippen LogP contribution in [0.1, 0.15) is 26.5 Å². The number of carbonyl (C=O) groups is 1. The second kappa shape index (κ2) is 5.43. The lowest BCUT2D eigenvalue weighted by molar-refractivity contribution is 0.00505. The minimum atomic E-state index is -0.444. The van der Waals surface area contributed by atoms with E-state index < -0.39 is 5.60 Å². The lowest BCUT2D eigenvalue weighted by Crippen LogP contribution is -2.60. The average Bonchev–Trinajstić information content (AvgIpc) is 2.59. The van der Waals surface area contributed by atoms with Crippen molar-refractivity contribution in [3.63, 3.8) is 0 Å². The van der Waals surface area contributed by atoms with E-state index in [1.165, 1.54) is 0 Å². The highest BCUT2D eigenvalue weighted by atomic mass is 35.5. The van der Waals surface area contributed by atoms with Crippen LogP contribution in [0.3, 0.4) is 0 Å². The average molecular weight is 287 g/mol. The molecule has 1 fully saturated rings. The van der Waals surface area contributed by atoms with Crippen LogP contribution < -0.4 is 5.32 Å². The fraction of sp³-hybridized carbons (Fsp3) is 0.615. The smallest absolute Gasteiger partial charge is 0.410 e. The molecule has 2 heterocycles. The van der Waals surface area contributed by atoms with Crippen LogP contribution in [0, 0.1) is 0 Å². The molecule has 6 heteroatoms. The Morgan fingerprint density at radius 1 is 1.53 bits per heavy atom. The summed E-state index contributed by atoms with van der Waals surface area (Å²) in [6.07, 6.45) is -0.258. The predicted octanol–water partition coefficient (Wildman–Crippen LogP) is 2.64. The van der Waals surface area contributed by atoms with Gasteiger partial charge in [0.05, 0.1) is 6.54 Å². The van der Waals surface area contributed by atoms with Gasteiger partial charge in [-0.1, -0.05) is 0 Å². The third-order valence-corrected chi connectivity index (χ3v) is 2.93. The molecule has 1 aliphatic rings. The number of nitrogens with zero attached hydrogens (tertiary/aromatic N) is 1. The molecule has 1 N–H and O–H groups in total. The Hall–Kier alpha value is -1.20. The van der Waals surface area contributed by atoms with Gasteiger partial charge in [-0.15, -0.1) is 0 Å². The van der Waals surface area contributed by atoms with Crippen LogP contribution in [0.5, 0.6) is 0 Å². The molecule has 0 atom stereocenters. The van der Waals surface area contributed by atoms with E-state index in [9.17, 15) is 4.79 Å². The highest BCUT2D eigenvalue weighted by molar-refractivity contribution is 6.28. The molecule has 0 aliphatic carbocycles. The van der Waals surface area contributed by atoms with Crippen molar-refractivity contribution in [2.24, 2.45) is 0 Å². The number of likely N-dealkylation sites (tertiary alicyclic amines) is 1. The standard InChI is InChI=1S/C13H19ClN2O3/c1-13(2,3)19-12(17)16-7-9(8-16)15-6-10-4-5-11(14)18-10/h4-5,9,15H,6-8H2,1-3H3. The Bertz CT molecular complexity index is 447. The van der Waals surface area contributed by atoms with Crippen molar-refractivity contribution < 1.29 is 13.9 Å². The molecule has 1 aliphatic heterocycles. The minimum absolute atomic E-state index is 0.258. The Kier molecular flexibility index (Phi) is 4.06. The zero-order chi connectivity index (χ0) is 14.0. The van der Waals surface area contributed by atoms with Gasteiger partial charge in [-0.05, 0) is 44.5 Å². The van der Waals surface area contributed by atoms with Crippen LogP contribution in [0.25, 0.3) is 0 Å². The van der Waals surface area contributed by atoms with E-state index in [1.807, 2.05) is 26.8 Å². The SMILES string of the molecule is CC(C)(C)OC(=O)N1CC(NCc2ccc(Cl)o2)C1. The molecule has 106 valence electrons. The summed E-state index contributed by atoms with van der Waals surface area (Å²) in [5, 5.41) is 3.68. The van der Waals surface area contributed by atoms with E-state index in [2.05, 4.69) is 5.32 Å². The predicted molar refractivity (Wildman–Crippen MR) is 72.2 cm³/mol. The van der Waals surface area contributed by atoms with Gasteiger partial charge in [-0.25, -0.2) is 4.79 Å². The third-order valence-electron chi connectivity index (χ3n) is 2.73. The molecular weight excluding hydrogens is 268 g/mol. The first kappa shape index (κ1) is 14.2. The van der Waals surface area contributed by atoms with Crippen molar-refractivity contribution >= 4 is 17.7 Å². The maximum Gasteiger partial charge on any atom is 0.410 e. The van der Waals surface area contributed by atoms with Crippen molar-refractivity contribution in [3.05, 3.63) is 23.1 Å². The van der Waals surface area contributed by atoms with E-state index in [1.54, 1.807) is 11.0 Å². The van der Waals surface area contributed by atoms with Gasteiger partial charge in [0, 0.05) is 19.1 Å². The van der Waals surface area contributed by atoms with Crippen LogP contribution >= 0.6 is 11.6 Å². The van der Waals surface area contributed by atoms with Crippen LogP contribution in [0.15, 0.2) is 16.5 Å². The fourth-order valence-electron chi connectivity index (χ4n) is 1.77. The summed E-state index contributed by atoms with van der Waals surface area (Å²) in [6, 6.07) is 3.82. The molecule has 0 aromatic carbocycles. The van der Waals surface area contributed by atoms with Gasteiger partial charge >= 0.3 is 6.09 Å². The molecule has 0 unspecified atom stereocenters. The van der Waals surface area contributed by atoms with Crippen molar-refractivity contribution in [1.82, 2.24) is 10.2 Å². The maximum atomic E-state index is 11.7. The van der Waals surface area contributed by atoms with E-state index in [-0.39, 0.29) is 12.1 Å². The van der Waals surface area contributed by atoms with Gasteiger partial charge in [-0.3, -0.25) is 0 Å². The normalized spacial score (nSPS) is 16.3. The third kappa shape index (κ3) is 4.14.